The normalized spacial score (nSPS) is 21.8. The first-order chi connectivity index (χ1) is 7.95. The van der Waals surface area contributed by atoms with Crippen molar-refractivity contribution in [2.24, 2.45) is 5.73 Å². The molecule has 1 aliphatic rings. The second kappa shape index (κ2) is 5.77. The van der Waals surface area contributed by atoms with Gasteiger partial charge in [0.1, 0.15) is 6.04 Å². The van der Waals surface area contributed by atoms with E-state index < -0.39 is 6.04 Å². The molecule has 2 unspecified atom stereocenters. The van der Waals surface area contributed by atoms with E-state index in [4.69, 9.17) is 5.73 Å². The molecule has 17 heavy (non-hydrogen) atoms. The summed E-state index contributed by atoms with van der Waals surface area (Å²) in [6, 6.07) is -0.904. The molecule has 96 valence electrons. The summed E-state index contributed by atoms with van der Waals surface area (Å²) in [6.45, 7) is 1.99. The Morgan fingerprint density at radius 2 is 2.24 bits per heavy atom. The molecule has 1 aliphatic heterocycles. The second-order valence-electron chi connectivity index (χ2n) is 4.37. The molecule has 0 radical (unpaired) electrons. The number of amides is 3. The number of nitrogens with zero attached hydrogens (tertiary/aromatic N) is 1. The smallest absolute Gasteiger partial charge is 0.252 e. The van der Waals surface area contributed by atoms with Crippen molar-refractivity contribution in [3.8, 4) is 0 Å². The summed E-state index contributed by atoms with van der Waals surface area (Å²) in [5.74, 6) is -0.891. The average molecular weight is 241 g/mol. The van der Waals surface area contributed by atoms with Crippen LogP contribution in [0.25, 0.3) is 0 Å². The van der Waals surface area contributed by atoms with Gasteiger partial charge in [-0.25, -0.2) is 0 Å². The topological polar surface area (TPSA) is 92.5 Å². The highest BCUT2D eigenvalue weighted by Crippen LogP contribution is 2.10. The van der Waals surface area contributed by atoms with Gasteiger partial charge in [0.25, 0.3) is 5.91 Å². The van der Waals surface area contributed by atoms with E-state index in [2.05, 4.69) is 5.32 Å². The molecule has 1 heterocycles. The van der Waals surface area contributed by atoms with Crippen molar-refractivity contribution < 1.29 is 14.4 Å². The molecule has 3 N–H and O–H groups in total. The van der Waals surface area contributed by atoms with Gasteiger partial charge in [-0.05, 0) is 6.42 Å². The number of nitrogens with one attached hydrogen (secondary N) is 1. The lowest BCUT2D eigenvalue weighted by Crippen LogP contribution is -2.42. The Morgan fingerprint density at radius 3 is 2.71 bits per heavy atom. The first-order valence-corrected chi connectivity index (χ1v) is 5.81. The second-order valence-corrected chi connectivity index (χ2v) is 4.37. The number of rotatable bonds is 5. The fourth-order valence-corrected chi connectivity index (χ4v) is 1.83. The zero-order valence-electron chi connectivity index (χ0n) is 10.2. The van der Waals surface area contributed by atoms with Gasteiger partial charge in [0.2, 0.25) is 11.8 Å². The maximum Gasteiger partial charge on any atom is 0.252 e. The Bertz CT molecular complexity index is 330. The first-order valence-electron chi connectivity index (χ1n) is 5.81. The molecule has 1 saturated heterocycles. The third-order valence-electron chi connectivity index (χ3n) is 2.82. The number of imide groups is 1. The Balaban J connectivity index is 2.42. The number of hydrogen-bond acceptors (Lipinski definition) is 4. The lowest BCUT2D eigenvalue weighted by atomic mass is 10.1. The molecule has 0 bridgehead atoms. The molecule has 0 saturated carbocycles. The van der Waals surface area contributed by atoms with Crippen LogP contribution in [0.1, 0.15) is 32.6 Å². The largest absolute Gasteiger partial charge is 0.344 e. The fraction of sp³-hybridized carbons (Fsp3) is 0.727. The van der Waals surface area contributed by atoms with Gasteiger partial charge in [-0.2, -0.15) is 0 Å². The maximum atomic E-state index is 11.6. The average Bonchev–Trinajstić information content (AvgIpc) is 2.46. The van der Waals surface area contributed by atoms with Crippen LogP contribution in [-0.2, 0) is 14.4 Å². The number of likely N-dealkylation sites (N-methyl/N-ethyl adjacent to an activating group) is 1. The lowest BCUT2D eigenvalue weighted by Gasteiger charge is -2.13. The van der Waals surface area contributed by atoms with Crippen molar-refractivity contribution in [1.29, 1.82) is 0 Å². The van der Waals surface area contributed by atoms with Gasteiger partial charge in [0.15, 0.2) is 0 Å². The van der Waals surface area contributed by atoms with Crippen LogP contribution in [0, 0.1) is 0 Å². The summed E-state index contributed by atoms with van der Waals surface area (Å²) in [7, 11) is 1.42. The van der Waals surface area contributed by atoms with E-state index in [0.29, 0.717) is 0 Å². The molecule has 0 aromatic carbocycles. The summed E-state index contributed by atoms with van der Waals surface area (Å²) < 4.78 is 0. The number of nitrogens with two attached hydrogens (primary N) is 1. The molecule has 0 aliphatic carbocycles. The highest BCUT2D eigenvalue weighted by Gasteiger charge is 2.36. The quantitative estimate of drug-likeness (QED) is 0.627. The Labute approximate surface area is 101 Å². The third kappa shape index (κ3) is 3.52. The number of carbonyl (C=O) groups excluding carboxylic acids is 3. The molecule has 0 spiro atoms. The van der Waals surface area contributed by atoms with E-state index in [0.717, 1.165) is 17.7 Å². The summed E-state index contributed by atoms with van der Waals surface area (Å²) in [6.07, 6.45) is 1.92. The molecule has 1 fully saturated rings. The van der Waals surface area contributed by atoms with Crippen LogP contribution in [0.15, 0.2) is 0 Å². The standard InChI is InChI=1S/C11H19N3O3/c1-3-4-7(12)5-9(15)13-8-6-10(16)14(2)11(8)17/h7-8H,3-6,12H2,1-2H3,(H,13,15). The van der Waals surface area contributed by atoms with Crippen molar-refractivity contribution in [3.05, 3.63) is 0 Å². The van der Waals surface area contributed by atoms with Crippen LogP contribution in [0.2, 0.25) is 0 Å². The van der Waals surface area contributed by atoms with Crippen LogP contribution in [-0.4, -0.2) is 41.8 Å². The lowest BCUT2D eigenvalue weighted by molar-refractivity contribution is -0.138. The Hall–Kier alpha value is -1.43. The molecular formula is C11H19N3O3. The van der Waals surface area contributed by atoms with Gasteiger partial charge < -0.3 is 11.1 Å². The summed E-state index contributed by atoms with van der Waals surface area (Å²) in [4.78, 5) is 35.4. The van der Waals surface area contributed by atoms with Crippen molar-refractivity contribution in [2.75, 3.05) is 7.05 Å². The van der Waals surface area contributed by atoms with Gasteiger partial charge in [-0.3, -0.25) is 19.3 Å². The molecule has 1 rings (SSSR count). The van der Waals surface area contributed by atoms with Gasteiger partial charge in [0, 0.05) is 19.5 Å². The van der Waals surface area contributed by atoms with Crippen molar-refractivity contribution in [1.82, 2.24) is 10.2 Å². The summed E-state index contributed by atoms with van der Waals surface area (Å²) >= 11 is 0. The Kier molecular flexibility index (Phi) is 4.62. The van der Waals surface area contributed by atoms with Crippen molar-refractivity contribution in [2.45, 2.75) is 44.7 Å². The summed E-state index contributed by atoms with van der Waals surface area (Å²) in [5, 5.41) is 2.55. The number of hydrogen-bond donors (Lipinski definition) is 2. The van der Waals surface area contributed by atoms with Crippen LogP contribution >= 0.6 is 0 Å². The van der Waals surface area contributed by atoms with E-state index in [-0.39, 0.29) is 36.6 Å². The maximum absolute atomic E-state index is 11.6. The van der Waals surface area contributed by atoms with Crippen molar-refractivity contribution >= 4 is 17.7 Å². The predicted octanol–water partition coefficient (Wildman–Crippen LogP) is -0.623. The monoisotopic (exact) mass is 241 g/mol. The van der Waals surface area contributed by atoms with Crippen LogP contribution in [0.5, 0.6) is 0 Å². The molecule has 0 aromatic rings. The highest BCUT2D eigenvalue weighted by atomic mass is 16.2. The van der Waals surface area contributed by atoms with Gasteiger partial charge in [-0.15, -0.1) is 0 Å². The zero-order chi connectivity index (χ0) is 13.0. The zero-order valence-corrected chi connectivity index (χ0v) is 10.2. The van der Waals surface area contributed by atoms with Crippen LogP contribution in [0.3, 0.4) is 0 Å². The van der Waals surface area contributed by atoms with Crippen molar-refractivity contribution in [3.63, 3.8) is 0 Å². The van der Waals surface area contributed by atoms with Crippen LogP contribution < -0.4 is 11.1 Å². The minimum atomic E-state index is -0.714. The fourth-order valence-electron chi connectivity index (χ4n) is 1.83. The first kappa shape index (κ1) is 13.6. The molecule has 0 aromatic heterocycles. The molecule has 3 amide bonds. The minimum Gasteiger partial charge on any atom is -0.344 e. The SMILES string of the molecule is CCCC(N)CC(=O)NC1CC(=O)N(C)C1=O. The van der Waals surface area contributed by atoms with E-state index in [1.165, 1.54) is 7.05 Å². The number of likely N-dealkylation sites (tertiary alicyclic amines) is 1. The van der Waals surface area contributed by atoms with Gasteiger partial charge in [-0.1, -0.05) is 13.3 Å². The summed E-state index contributed by atoms with van der Waals surface area (Å²) in [5.41, 5.74) is 5.73. The van der Waals surface area contributed by atoms with Gasteiger partial charge in [0.05, 0.1) is 6.42 Å². The van der Waals surface area contributed by atoms with E-state index in [1.54, 1.807) is 0 Å². The van der Waals surface area contributed by atoms with Gasteiger partial charge >= 0.3 is 0 Å². The highest BCUT2D eigenvalue weighted by molar-refractivity contribution is 6.06. The van der Waals surface area contributed by atoms with E-state index >= 15 is 0 Å². The predicted molar refractivity (Wildman–Crippen MR) is 61.8 cm³/mol. The number of carbonyl (C=O) groups is 3. The third-order valence-corrected chi connectivity index (χ3v) is 2.82. The molecular weight excluding hydrogens is 222 g/mol. The minimum absolute atomic E-state index is 0.0457. The van der Waals surface area contributed by atoms with E-state index in [1.807, 2.05) is 6.92 Å². The molecule has 6 nitrogen and oxygen atoms in total. The van der Waals surface area contributed by atoms with Crippen LogP contribution in [0.4, 0.5) is 0 Å². The molecule has 6 heteroatoms. The van der Waals surface area contributed by atoms with E-state index in [9.17, 15) is 14.4 Å². The molecule has 2 atom stereocenters. The Morgan fingerprint density at radius 1 is 1.59 bits per heavy atom.